The van der Waals surface area contributed by atoms with Gasteiger partial charge in [-0.2, -0.15) is 5.10 Å². The number of nitrogens with one attached hydrogen (secondary N) is 1. The zero-order chi connectivity index (χ0) is 18.9. The summed E-state index contributed by atoms with van der Waals surface area (Å²) in [5.74, 6) is 0.545. The Morgan fingerprint density at radius 3 is 2.57 bits per heavy atom. The van der Waals surface area contributed by atoms with Crippen LogP contribution < -0.4 is 5.32 Å². The predicted molar refractivity (Wildman–Crippen MR) is 107 cm³/mol. The molecular formula is C22H20FN5. The third-order valence-electron chi connectivity index (χ3n) is 5.09. The third kappa shape index (κ3) is 3.34. The highest BCUT2D eigenvalue weighted by atomic mass is 19.1. The summed E-state index contributed by atoms with van der Waals surface area (Å²) in [5, 5.41) is 7.88. The molecule has 0 aliphatic carbocycles. The molecule has 0 amide bonds. The minimum absolute atomic E-state index is 0.270. The molecule has 0 bridgehead atoms. The highest BCUT2D eigenvalue weighted by molar-refractivity contribution is 5.64. The maximum Gasteiger partial charge on any atom is 0.157 e. The molecule has 2 aromatic carbocycles. The molecule has 1 aliphatic heterocycles. The van der Waals surface area contributed by atoms with Crippen molar-refractivity contribution < 1.29 is 4.39 Å². The molecule has 3 heterocycles. The van der Waals surface area contributed by atoms with Crippen LogP contribution in [-0.2, 0) is 13.1 Å². The summed E-state index contributed by atoms with van der Waals surface area (Å²) in [6.07, 6.45) is 1.87. The monoisotopic (exact) mass is 373 g/mol. The first-order chi connectivity index (χ1) is 13.7. The van der Waals surface area contributed by atoms with E-state index in [0.29, 0.717) is 5.69 Å². The maximum atomic E-state index is 13.5. The van der Waals surface area contributed by atoms with Gasteiger partial charge >= 0.3 is 0 Å². The first kappa shape index (κ1) is 16.9. The van der Waals surface area contributed by atoms with Crippen molar-refractivity contribution in [1.29, 1.82) is 0 Å². The molecule has 0 radical (unpaired) electrons. The topological polar surface area (TPSA) is 45.5 Å². The lowest BCUT2D eigenvalue weighted by molar-refractivity contribution is 0.296. The van der Waals surface area contributed by atoms with Crippen molar-refractivity contribution in [1.82, 2.24) is 19.5 Å². The summed E-state index contributed by atoms with van der Waals surface area (Å²) in [5.41, 5.74) is 5.03. The zero-order valence-corrected chi connectivity index (χ0v) is 15.3. The Bertz CT molecular complexity index is 1110. The molecule has 1 aliphatic rings. The molecule has 0 fully saturated rings. The van der Waals surface area contributed by atoms with Gasteiger partial charge in [0.25, 0.3) is 0 Å². The molecule has 140 valence electrons. The number of rotatable bonds is 5. The fraction of sp³-hybridized carbons (Fsp3) is 0.182. The van der Waals surface area contributed by atoms with E-state index >= 15 is 0 Å². The summed E-state index contributed by atoms with van der Waals surface area (Å²) >= 11 is 0. The van der Waals surface area contributed by atoms with Crippen LogP contribution in [0.25, 0.3) is 16.9 Å². The van der Waals surface area contributed by atoms with Crippen molar-refractivity contribution in [3.05, 3.63) is 83.8 Å². The number of benzene rings is 2. The second-order valence-electron chi connectivity index (χ2n) is 7.06. The van der Waals surface area contributed by atoms with E-state index in [1.54, 1.807) is 10.6 Å². The van der Waals surface area contributed by atoms with Gasteiger partial charge in [-0.1, -0.05) is 36.4 Å². The van der Waals surface area contributed by atoms with Crippen LogP contribution in [0, 0.1) is 5.82 Å². The average molecular weight is 373 g/mol. The van der Waals surface area contributed by atoms with Crippen LogP contribution in [0.4, 0.5) is 10.2 Å². The van der Waals surface area contributed by atoms with Gasteiger partial charge in [0.1, 0.15) is 11.6 Å². The lowest BCUT2D eigenvalue weighted by Crippen LogP contribution is -2.24. The van der Waals surface area contributed by atoms with E-state index in [1.165, 1.54) is 23.3 Å². The highest BCUT2D eigenvalue weighted by Crippen LogP contribution is 2.22. The quantitative estimate of drug-likeness (QED) is 0.575. The van der Waals surface area contributed by atoms with Gasteiger partial charge < -0.3 is 5.32 Å². The molecule has 2 aromatic heterocycles. The van der Waals surface area contributed by atoms with Crippen LogP contribution in [0.5, 0.6) is 0 Å². The Morgan fingerprint density at radius 2 is 1.79 bits per heavy atom. The van der Waals surface area contributed by atoms with Crippen molar-refractivity contribution in [2.75, 3.05) is 18.4 Å². The van der Waals surface area contributed by atoms with Crippen molar-refractivity contribution in [3.8, 4) is 11.3 Å². The SMILES string of the molecule is Fc1cccc(-c2cc3nc(NCCN4Cc5ccccc5C4)ccn3n2)c1. The Hall–Kier alpha value is -3.25. The van der Waals surface area contributed by atoms with E-state index in [9.17, 15) is 4.39 Å². The van der Waals surface area contributed by atoms with Gasteiger partial charge in [0.15, 0.2) is 5.65 Å². The van der Waals surface area contributed by atoms with Crippen LogP contribution in [0.2, 0.25) is 0 Å². The van der Waals surface area contributed by atoms with Gasteiger partial charge in [0.2, 0.25) is 0 Å². The molecule has 0 spiro atoms. The van der Waals surface area contributed by atoms with Gasteiger partial charge in [0, 0.05) is 44.0 Å². The molecule has 5 rings (SSSR count). The normalized spacial score (nSPS) is 13.8. The van der Waals surface area contributed by atoms with E-state index in [0.717, 1.165) is 43.2 Å². The first-order valence-electron chi connectivity index (χ1n) is 9.40. The van der Waals surface area contributed by atoms with Gasteiger partial charge in [-0.3, -0.25) is 4.90 Å². The fourth-order valence-corrected chi connectivity index (χ4v) is 3.67. The number of hydrogen-bond acceptors (Lipinski definition) is 4. The summed E-state index contributed by atoms with van der Waals surface area (Å²) in [4.78, 5) is 7.05. The number of nitrogens with zero attached hydrogens (tertiary/aromatic N) is 4. The number of aromatic nitrogens is 3. The summed E-state index contributed by atoms with van der Waals surface area (Å²) in [6.45, 7) is 3.78. The Labute approximate surface area is 162 Å². The van der Waals surface area contributed by atoms with Crippen molar-refractivity contribution in [2.45, 2.75) is 13.1 Å². The largest absolute Gasteiger partial charge is 0.369 e. The van der Waals surface area contributed by atoms with Gasteiger partial charge in [-0.25, -0.2) is 13.9 Å². The van der Waals surface area contributed by atoms with Crippen molar-refractivity contribution >= 4 is 11.5 Å². The molecule has 0 saturated heterocycles. The van der Waals surface area contributed by atoms with Crippen LogP contribution in [-0.4, -0.2) is 32.6 Å². The molecule has 4 aromatic rings. The molecule has 5 nitrogen and oxygen atoms in total. The van der Waals surface area contributed by atoms with E-state index in [-0.39, 0.29) is 5.82 Å². The smallest absolute Gasteiger partial charge is 0.157 e. The second kappa shape index (κ2) is 7.05. The molecule has 28 heavy (non-hydrogen) atoms. The Balaban J connectivity index is 1.24. The predicted octanol–water partition coefficient (Wildman–Crippen LogP) is 3.96. The van der Waals surface area contributed by atoms with Crippen LogP contribution in [0.15, 0.2) is 66.9 Å². The molecule has 0 atom stereocenters. The highest BCUT2D eigenvalue weighted by Gasteiger charge is 2.17. The zero-order valence-electron chi connectivity index (χ0n) is 15.3. The van der Waals surface area contributed by atoms with E-state index in [1.807, 2.05) is 24.4 Å². The average Bonchev–Trinajstić information content (AvgIpc) is 3.31. The Morgan fingerprint density at radius 1 is 0.964 bits per heavy atom. The van der Waals surface area contributed by atoms with Gasteiger partial charge in [-0.15, -0.1) is 0 Å². The van der Waals surface area contributed by atoms with Gasteiger partial charge in [0.05, 0.1) is 5.69 Å². The molecular weight excluding hydrogens is 353 g/mol. The molecule has 0 unspecified atom stereocenters. The summed E-state index contributed by atoms with van der Waals surface area (Å²) < 4.78 is 15.2. The second-order valence-corrected chi connectivity index (χ2v) is 7.06. The van der Waals surface area contributed by atoms with Crippen LogP contribution in [0.3, 0.4) is 0 Å². The van der Waals surface area contributed by atoms with Gasteiger partial charge in [-0.05, 0) is 29.3 Å². The first-order valence-corrected chi connectivity index (χ1v) is 9.40. The number of halogens is 1. The van der Waals surface area contributed by atoms with E-state index < -0.39 is 0 Å². The summed E-state index contributed by atoms with van der Waals surface area (Å²) in [7, 11) is 0. The number of anilines is 1. The van der Waals surface area contributed by atoms with Crippen LogP contribution in [0.1, 0.15) is 11.1 Å². The lowest BCUT2D eigenvalue weighted by atomic mass is 10.1. The minimum atomic E-state index is -0.270. The number of hydrogen-bond donors (Lipinski definition) is 1. The molecule has 6 heteroatoms. The third-order valence-corrected chi connectivity index (χ3v) is 5.09. The van der Waals surface area contributed by atoms with Crippen molar-refractivity contribution in [2.24, 2.45) is 0 Å². The maximum absolute atomic E-state index is 13.5. The Kier molecular flexibility index (Phi) is 4.25. The number of fused-ring (bicyclic) bond motifs is 2. The molecule has 1 N–H and O–H groups in total. The standard InChI is InChI=1S/C22H20FN5/c23-19-7-3-6-16(12-19)20-13-22-25-21(8-10-28(22)26-20)24-9-11-27-14-17-4-1-2-5-18(17)15-27/h1-8,10,12-13H,9,11,14-15H2,(H,24,25). The minimum Gasteiger partial charge on any atom is -0.369 e. The van der Waals surface area contributed by atoms with Crippen molar-refractivity contribution in [3.63, 3.8) is 0 Å². The van der Waals surface area contributed by atoms with E-state index in [4.69, 9.17) is 0 Å². The van der Waals surface area contributed by atoms with Crippen LogP contribution >= 0.6 is 0 Å². The summed E-state index contributed by atoms with van der Waals surface area (Å²) in [6, 6.07) is 18.8. The lowest BCUT2D eigenvalue weighted by Gasteiger charge is -2.15. The van der Waals surface area contributed by atoms with E-state index in [2.05, 4.69) is 44.6 Å². The fourth-order valence-electron chi connectivity index (χ4n) is 3.67. The molecule has 0 saturated carbocycles.